The van der Waals surface area contributed by atoms with Gasteiger partial charge in [0.05, 0.1) is 0 Å². The van der Waals surface area contributed by atoms with Gasteiger partial charge in [0.25, 0.3) is 0 Å². The van der Waals surface area contributed by atoms with Crippen molar-refractivity contribution in [2.45, 2.75) is 32.2 Å². The Kier molecular flexibility index (Phi) is 1.37. The molecule has 5 unspecified atom stereocenters. The van der Waals surface area contributed by atoms with Crippen molar-refractivity contribution in [3.05, 3.63) is 0 Å². The first-order chi connectivity index (χ1) is 5.83. The molecular formula is C10H18N2. The fourth-order valence-electron chi connectivity index (χ4n) is 4.17. The second-order valence-corrected chi connectivity index (χ2v) is 5.02. The van der Waals surface area contributed by atoms with E-state index in [0.717, 1.165) is 29.6 Å². The average Bonchev–Trinajstić information content (AvgIpc) is 2.53. The first-order valence-corrected chi connectivity index (χ1v) is 5.29. The molecule has 3 fully saturated rings. The minimum Gasteiger partial charge on any atom is -0.271 e. The average molecular weight is 166 g/mol. The fraction of sp³-hybridized carbons (Fsp3) is 1.00. The lowest BCUT2D eigenvalue weighted by Crippen LogP contribution is -2.35. The summed E-state index contributed by atoms with van der Waals surface area (Å²) in [5, 5.41) is 0. The largest absolute Gasteiger partial charge is 0.271 e. The van der Waals surface area contributed by atoms with Crippen LogP contribution in [-0.2, 0) is 0 Å². The van der Waals surface area contributed by atoms with Crippen LogP contribution in [0.25, 0.3) is 0 Å². The lowest BCUT2D eigenvalue weighted by atomic mass is 9.99. The van der Waals surface area contributed by atoms with Crippen LogP contribution in [-0.4, -0.2) is 6.04 Å². The molecule has 0 aromatic carbocycles. The van der Waals surface area contributed by atoms with Crippen molar-refractivity contribution in [1.82, 2.24) is 5.43 Å². The monoisotopic (exact) mass is 166 g/mol. The van der Waals surface area contributed by atoms with Crippen LogP contribution in [0.2, 0.25) is 0 Å². The van der Waals surface area contributed by atoms with E-state index in [2.05, 4.69) is 12.3 Å². The van der Waals surface area contributed by atoms with E-state index in [4.69, 9.17) is 5.84 Å². The van der Waals surface area contributed by atoms with E-state index in [1.165, 1.54) is 12.8 Å². The summed E-state index contributed by atoms with van der Waals surface area (Å²) in [6.45, 7) is 2.24. The second kappa shape index (κ2) is 2.24. The van der Waals surface area contributed by atoms with Crippen molar-refractivity contribution in [3.63, 3.8) is 0 Å². The molecule has 12 heavy (non-hydrogen) atoms. The maximum absolute atomic E-state index is 5.48. The van der Waals surface area contributed by atoms with Crippen molar-refractivity contribution >= 4 is 0 Å². The number of fused-ring (bicyclic) bond motifs is 5. The van der Waals surface area contributed by atoms with Gasteiger partial charge in [-0.1, -0.05) is 0 Å². The minimum absolute atomic E-state index is 0.559. The van der Waals surface area contributed by atoms with Crippen LogP contribution < -0.4 is 11.3 Å². The fourth-order valence-corrected chi connectivity index (χ4v) is 4.17. The molecule has 0 aromatic rings. The predicted molar refractivity (Wildman–Crippen MR) is 48.1 cm³/mol. The van der Waals surface area contributed by atoms with Crippen LogP contribution in [0.15, 0.2) is 0 Å². The van der Waals surface area contributed by atoms with Gasteiger partial charge in [-0.05, 0) is 55.8 Å². The molecule has 0 radical (unpaired) electrons. The first kappa shape index (κ1) is 7.34. The molecule has 0 aliphatic heterocycles. The third-order valence-electron chi connectivity index (χ3n) is 4.64. The zero-order valence-corrected chi connectivity index (χ0v) is 7.66. The van der Waals surface area contributed by atoms with E-state index < -0.39 is 0 Å². The molecule has 5 atom stereocenters. The summed E-state index contributed by atoms with van der Waals surface area (Å²) in [6, 6.07) is 0.559. The van der Waals surface area contributed by atoms with E-state index in [9.17, 15) is 0 Å². The number of hydrogen-bond donors (Lipinski definition) is 2. The Morgan fingerprint density at radius 1 is 1.25 bits per heavy atom. The molecule has 3 aliphatic carbocycles. The Bertz CT molecular complexity index is 188. The van der Waals surface area contributed by atoms with Gasteiger partial charge in [-0.2, -0.15) is 0 Å². The molecule has 3 rings (SSSR count). The molecule has 2 bridgehead atoms. The van der Waals surface area contributed by atoms with Gasteiger partial charge in [-0.25, -0.2) is 0 Å². The third kappa shape index (κ3) is 0.728. The van der Waals surface area contributed by atoms with Gasteiger partial charge in [0.1, 0.15) is 0 Å². The molecule has 3 aliphatic rings. The maximum Gasteiger partial charge on any atom is 0.0216 e. The highest BCUT2D eigenvalue weighted by Crippen LogP contribution is 2.70. The van der Waals surface area contributed by atoms with E-state index in [-0.39, 0.29) is 0 Å². The van der Waals surface area contributed by atoms with Gasteiger partial charge in [-0.3, -0.25) is 11.3 Å². The Balaban J connectivity index is 1.74. The molecule has 2 nitrogen and oxygen atoms in total. The third-order valence-corrected chi connectivity index (χ3v) is 4.64. The van der Waals surface area contributed by atoms with Crippen molar-refractivity contribution < 1.29 is 0 Å². The molecule has 3 N–H and O–H groups in total. The minimum atomic E-state index is 0.559. The molecular weight excluding hydrogens is 148 g/mol. The Morgan fingerprint density at radius 2 is 1.83 bits per heavy atom. The summed E-state index contributed by atoms with van der Waals surface area (Å²) >= 11 is 0. The summed E-state index contributed by atoms with van der Waals surface area (Å²) in [7, 11) is 0. The maximum atomic E-state index is 5.48. The molecule has 0 amide bonds. The molecule has 0 spiro atoms. The molecule has 0 heterocycles. The predicted octanol–water partition coefficient (Wildman–Crippen LogP) is 1.13. The molecule has 3 saturated carbocycles. The quantitative estimate of drug-likeness (QED) is 0.477. The van der Waals surface area contributed by atoms with Crippen LogP contribution >= 0.6 is 0 Å². The van der Waals surface area contributed by atoms with E-state index >= 15 is 0 Å². The number of nitrogens with two attached hydrogens (primary N) is 1. The van der Waals surface area contributed by atoms with Crippen LogP contribution in [0.1, 0.15) is 26.2 Å². The second-order valence-electron chi connectivity index (χ2n) is 5.02. The summed E-state index contributed by atoms with van der Waals surface area (Å²) < 4.78 is 0. The zero-order valence-electron chi connectivity index (χ0n) is 7.66. The molecule has 68 valence electrons. The standard InChI is InChI=1S/C10H18N2/c1-5(12-11)8-9-6-2-3-7(4-6)10(8)9/h5-10,12H,2-4,11H2,1H3. The summed E-state index contributed by atoms with van der Waals surface area (Å²) in [6.07, 6.45) is 4.57. The summed E-state index contributed by atoms with van der Waals surface area (Å²) in [5.41, 5.74) is 2.92. The van der Waals surface area contributed by atoms with E-state index in [1.807, 2.05) is 0 Å². The topological polar surface area (TPSA) is 38.0 Å². The van der Waals surface area contributed by atoms with Gasteiger partial charge in [0, 0.05) is 6.04 Å². The van der Waals surface area contributed by atoms with Crippen molar-refractivity contribution in [1.29, 1.82) is 0 Å². The first-order valence-electron chi connectivity index (χ1n) is 5.29. The normalized spacial score (nSPS) is 57.0. The van der Waals surface area contributed by atoms with E-state index in [1.54, 1.807) is 6.42 Å². The molecule has 2 heteroatoms. The van der Waals surface area contributed by atoms with Gasteiger partial charge in [0.15, 0.2) is 0 Å². The van der Waals surface area contributed by atoms with Crippen molar-refractivity contribution in [3.8, 4) is 0 Å². The SMILES string of the molecule is CC(NN)C1C2C3CCC(C3)C21. The van der Waals surface area contributed by atoms with Crippen LogP contribution in [0.4, 0.5) is 0 Å². The van der Waals surface area contributed by atoms with Gasteiger partial charge < -0.3 is 0 Å². The van der Waals surface area contributed by atoms with Crippen molar-refractivity contribution in [2.24, 2.45) is 35.4 Å². The Labute approximate surface area is 73.9 Å². The van der Waals surface area contributed by atoms with Crippen LogP contribution in [0, 0.1) is 29.6 Å². The summed E-state index contributed by atoms with van der Waals surface area (Å²) in [5.74, 6) is 10.7. The Morgan fingerprint density at radius 3 is 2.33 bits per heavy atom. The highest BCUT2D eigenvalue weighted by atomic mass is 15.2. The van der Waals surface area contributed by atoms with Gasteiger partial charge in [0.2, 0.25) is 0 Å². The highest BCUT2D eigenvalue weighted by molar-refractivity contribution is 5.14. The van der Waals surface area contributed by atoms with E-state index in [0.29, 0.717) is 6.04 Å². The lowest BCUT2D eigenvalue weighted by molar-refractivity contribution is 0.384. The molecule has 0 aromatic heterocycles. The Hall–Kier alpha value is -0.0800. The number of rotatable bonds is 2. The summed E-state index contributed by atoms with van der Waals surface area (Å²) in [4.78, 5) is 0. The number of hydrazine groups is 1. The van der Waals surface area contributed by atoms with Gasteiger partial charge >= 0.3 is 0 Å². The number of hydrogen-bond acceptors (Lipinski definition) is 2. The van der Waals surface area contributed by atoms with Crippen molar-refractivity contribution in [2.75, 3.05) is 0 Å². The zero-order chi connectivity index (χ0) is 8.29. The number of nitrogens with one attached hydrogen (secondary N) is 1. The van der Waals surface area contributed by atoms with Crippen LogP contribution in [0.5, 0.6) is 0 Å². The molecule has 0 saturated heterocycles. The highest BCUT2D eigenvalue weighted by Gasteiger charge is 2.65. The van der Waals surface area contributed by atoms with Crippen LogP contribution in [0.3, 0.4) is 0 Å². The smallest absolute Gasteiger partial charge is 0.0216 e. The van der Waals surface area contributed by atoms with Gasteiger partial charge in [-0.15, -0.1) is 0 Å². The lowest BCUT2D eigenvalue weighted by Gasteiger charge is -2.14.